The SMILES string of the molecule is CC(C)(C)OC(=O)N1CCC2(CC1)Cc1nc(COC3CCCCO3)ccc1C2=O. The number of ether oxygens (including phenoxy) is 3. The standard InChI is InChI=1S/C23H32N2O5/c1-22(2,3)30-21(27)25-11-9-23(10-12-25)14-18-17(20(23)26)8-7-16(24-18)15-29-19-6-4-5-13-28-19/h7-8,19H,4-6,9-15H2,1-3H3. The van der Waals surface area contributed by atoms with E-state index < -0.39 is 11.0 Å². The second kappa shape index (κ2) is 8.27. The highest BCUT2D eigenvalue weighted by molar-refractivity contribution is 6.04. The number of aromatic nitrogens is 1. The second-order valence-corrected chi connectivity index (χ2v) is 9.66. The van der Waals surface area contributed by atoms with Crippen molar-refractivity contribution in [2.45, 2.75) is 77.8 Å². The Morgan fingerprint density at radius 2 is 2.03 bits per heavy atom. The monoisotopic (exact) mass is 416 g/mol. The van der Waals surface area contributed by atoms with Gasteiger partial charge in [0.05, 0.1) is 18.0 Å². The first-order valence-corrected chi connectivity index (χ1v) is 11.0. The molecule has 1 spiro atoms. The van der Waals surface area contributed by atoms with Gasteiger partial charge in [-0.3, -0.25) is 9.78 Å². The molecular weight excluding hydrogens is 384 g/mol. The fourth-order valence-electron chi connectivity index (χ4n) is 4.52. The molecular formula is C23H32N2O5. The van der Waals surface area contributed by atoms with Crippen molar-refractivity contribution >= 4 is 11.9 Å². The van der Waals surface area contributed by atoms with Gasteiger partial charge < -0.3 is 19.1 Å². The molecule has 0 N–H and O–H groups in total. The average Bonchev–Trinajstić information content (AvgIpc) is 2.97. The molecule has 2 saturated heterocycles. The van der Waals surface area contributed by atoms with Crippen LogP contribution < -0.4 is 0 Å². The summed E-state index contributed by atoms with van der Waals surface area (Å²) in [7, 11) is 0. The molecule has 4 rings (SSSR count). The molecule has 3 aliphatic rings. The number of hydrogen-bond acceptors (Lipinski definition) is 6. The van der Waals surface area contributed by atoms with Crippen molar-refractivity contribution in [3.05, 3.63) is 29.1 Å². The summed E-state index contributed by atoms with van der Waals surface area (Å²) in [5.41, 5.74) is 1.45. The number of pyridine rings is 1. The lowest BCUT2D eigenvalue weighted by atomic mass is 9.75. The van der Waals surface area contributed by atoms with Crippen molar-refractivity contribution in [2.24, 2.45) is 5.41 Å². The number of carbonyl (C=O) groups is 2. The normalized spacial score (nSPS) is 23.5. The van der Waals surface area contributed by atoms with Crippen molar-refractivity contribution in [3.63, 3.8) is 0 Å². The number of rotatable bonds is 3. The Balaban J connectivity index is 1.37. The van der Waals surface area contributed by atoms with Crippen LogP contribution in [0.4, 0.5) is 4.79 Å². The van der Waals surface area contributed by atoms with E-state index in [1.165, 1.54) is 0 Å². The quantitative estimate of drug-likeness (QED) is 0.744. The van der Waals surface area contributed by atoms with Crippen LogP contribution in [0.2, 0.25) is 0 Å². The molecule has 164 valence electrons. The molecule has 7 nitrogen and oxygen atoms in total. The molecule has 1 aliphatic carbocycles. The predicted molar refractivity (Wildman–Crippen MR) is 110 cm³/mol. The van der Waals surface area contributed by atoms with E-state index in [0.717, 1.165) is 42.8 Å². The van der Waals surface area contributed by atoms with Gasteiger partial charge in [-0.25, -0.2) is 4.79 Å². The van der Waals surface area contributed by atoms with Crippen molar-refractivity contribution in [1.82, 2.24) is 9.88 Å². The molecule has 0 saturated carbocycles. The second-order valence-electron chi connectivity index (χ2n) is 9.66. The van der Waals surface area contributed by atoms with Crippen LogP contribution in [-0.2, 0) is 27.2 Å². The van der Waals surface area contributed by atoms with Crippen LogP contribution in [0.15, 0.2) is 12.1 Å². The van der Waals surface area contributed by atoms with E-state index in [2.05, 4.69) is 0 Å². The Hall–Kier alpha value is -1.99. The van der Waals surface area contributed by atoms with Crippen molar-refractivity contribution < 1.29 is 23.8 Å². The first-order chi connectivity index (χ1) is 14.3. The molecule has 0 radical (unpaired) electrons. The zero-order chi connectivity index (χ0) is 21.4. The molecule has 2 fully saturated rings. The minimum absolute atomic E-state index is 0.154. The van der Waals surface area contributed by atoms with E-state index in [1.54, 1.807) is 4.90 Å². The Bertz CT molecular complexity index is 802. The Kier molecular flexibility index (Phi) is 5.86. The summed E-state index contributed by atoms with van der Waals surface area (Å²) in [6, 6.07) is 3.77. The average molecular weight is 417 g/mol. The van der Waals surface area contributed by atoms with Gasteiger partial charge in [-0.05, 0) is 65.0 Å². The van der Waals surface area contributed by atoms with Gasteiger partial charge in [0.1, 0.15) is 5.60 Å². The Labute approximate surface area is 178 Å². The number of fused-ring (bicyclic) bond motifs is 1. The molecule has 1 atom stereocenters. The molecule has 3 heterocycles. The highest BCUT2D eigenvalue weighted by Gasteiger charge is 2.48. The van der Waals surface area contributed by atoms with E-state index >= 15 is 0 Å². The maximum absolute atomic E-state index is 13.2. The smallest absolute Gasteiger partial charge is 0.410 e. The lowest BCUT2D eigenvalue weighted by Gasteiger charge is -2.38. The highest BCUT2D eigenvalue weighted by atomic mass is 16.7. The third-order valence-electron chi connectivity index (χ3n) is 6.19. The first-order valence-electron chi connectivity index (χ1n) is 11.0. The Morgan fingerprint density at radius 3 is 2.70 bits per heavy atom. The van der Waals surface area contributed by atoms with Gasteiger partial charge in [-0.1, -0.05) is 0 Å². The minimum atomic E-state index is -0.517. The van der Waals surface area contributed by atoms with Crippen LogP contribution >= 0.6 is 0 Å². The zero-order valence-corrected chi connectivity index (χ0v) is 18.2. The lowest BCUT2D eigenvalue weighted by Crippen LogP contribution is -2.47. The number of ketones is 1. The van der Waals surface area contributed by atoms with E-state index in [0.29, 0.717) is 39.0 Å². The van der Waals surface area contributed by atoms with Crippen LogP contribution in [0.3, 0.4) is 0 Å². The van der Waals surface area contributed by atoms with Gasteiger partial charge in [0.15, 0.2) is 12.1 Å². The highest BCUT2D eigenvalue weighted by Crippen LogP contribution is 2.44. The molecule has 7 heteroatoms. The molecule has 0 aromatic carbocycles. The van der Waals surface area contributed by atoms with Gasteiger partial charge in [-0.15, -0.1) is 0 Å². The number of carbonyl (C=O) groups excluding carboxylic acids is 2. The van der Waals surface area contributed by atoms with Crippen molar-refractivity contribution in [1.29, 1.82) is 0 Å². The van der Waals surface area contributed by atoms with Crippen molar-refractivity contribution in [2.75, 3.05) is 19.7 Å². The zero-order valence-electron chi connectivity index (χ0n) is 18.2. The van der Waals surface area contributed by atoms with Gasteiger partial charge >= 0.3 is 6.09 Å². The summed E-state index contributed by atoms with van der Waals surface area (Å²) in [6.07, 6.45) is 4.60. The number of Topliss-reactive ketones (excluding diaryl/α,β-unsaturated/α-hetero) is 1. The molecule has 30 heavy (non-hydrogen) atoms. The summed E-state index contributed by atoms with van der Waals surface area (Å²) in [5, 5.41) is 0. The van der Waals surface area contributed by atoms with E-state index in [-0.39, 0.29) is 18.2 Å². The summed E-state index contributed by atoms with van der Waals surface area (Å²) in [6.45, 7) is 7.79. The number of amides is 1. The fourth-order valence-corrected chi connectivity index (χ4v) is 4.52. The van der Waals surface area contributed by atoms with Gasteiger partial charge in [-0.2, -0.15) is 0 Å². The minimum Gasteiger partial charge on any atom is -0.444 e. The van der Waals surface area contributed by atoms with Crippen LogP contribution in [-0.4, -0.2) is 53.3 Å². The predicted octanol–water partition coefficient (Wildman–Crippen LogP) is 3.88. The molecule has 1 aromatic heterocycles. The third kappa shape index (κ3) is 4.52. The summed E-state index contributed by atoms with van der Waals surface area (Å²) in [5.74, 6) is 0.164. The molecule has 0 bridgehead atoms. The van der Waals surface area contributed by atoms with E-state index in [9.17, 15) is 9.59 Å². The number of likely N-dealkylation sites (tertiary alicyclic amines) is 1. The summed E-state index contributed by atoms with van der Waals surface area (Å²) >= 11 is 0. The summed E-state index contributed by atoms with van der Waals surface area (Å²) < 4.78 is 16.9. The van der Waals surface area contributed by atoms with E-state index in [1.807, 2.05) is 32.9 Å². The van der Waals surface area contributed by atoms with E-state index in [4.69, 9.17) is 19.2 Å². The molecule has 1 unspecified atom stereocenters. The maximum atomic E-state index is 13.2. The summed E-state index contributed by atoms with van der Waals surface area (Å²) in [4.78, 5) is 32.0. The first kappa shape index (κ1) is 21.2. The van der Waals surface area contributed by atoms with Crippen molar-refractivity contribution in [3.8, 4) is 0 Å². The van der Waals surface area contributed by atoms with Crippen LogP contribution in [0.5, 0.6) is 0 Å². The largest absolute Gasteiger partial charge is 0.444 e. The van der Waals surface area contributed by atoms with Gasteiger partial charge in [0.2, 0.25) is 0 Å². The Morgan fingerprint density at radius 1 is 1.27 bits per heavy atom. The molecule has 1 aromatic rings. The molecule has 2 aliphatic heterocycles. The fraction of sp³-hybridized carbons (Fsp3) is 0.696. The van der Waals surface area contributed by atoms with Gasteiger partial charge in [0.25, 0.3) is 0 Å². The van der Waals surface area contributed by atoms with Crippen LogP contribution in [0, 0.1) is 5.41 Å². The number of hydrogen-bond donors (Lipinski definition) is 0. The molecule has 1 amide bonds. The number of nitrogens with zero attached hydrogens (tertiary/aromatic N) is 2. The number of piperidine rings is 1. The topological polar surface area (TPSA) is 78.0 Å². The van der Waals surface area contributed by atoms with Gasteiger partial charge in [0, 0.05) is 37.1 Å². The van der Waals surface area contributed by atoms with Crippen LogP contribution in [0.25, 0.3) is 0 Å². The lowest BCUT2D eigenvalue weighted by molar-refractivity contribution is -0.169. The maximum Gasteiger partial charge on any atom is 0.410 e. The third-order valence-corrected chi connectivity index (χ3v) is 6.19. The van der Waals surface area contributed by atoms with Crippen LogP contribution in [0.1, 0.15) is 74.6 Å².